The second-order valence-corrected chi connectivity index (χ2v) is 5.33. The lowest BCUT2D eigenvalue weighted by Crippen LogP contribution is -2.16. The Morgan fingerprint density at radius 3 is 2.75 bits per heavy atom. The van der Waals surface area contributed by atoms with E-state index in [1.165, 1.54) is 6.33 Å². The van der Waals surface area contributed by atoms with Gasteiger partial charge < -0.3 is 24.1 Å². The number of nitrogens with one attached hydrogen (secondary N) is 1. The van der Waals surface area contributed by atoms with E-state index in [4.69, 9.17) is 18.7 Å². The first-order valence-corrected chi connectivity index (χ1v) is 7.53. The summed E-state index contributed by atoms with van der Waals surface area (Å²) in [7, 11) is 1.63. The van der Waals surface area contributed by atoms with Gasteiger partial charge in [-0.05, 0) is 13.0 Å². The molecule has 124 valence electrons. The number of aryl methyl sites for hydroxylation is 1. The molecular formula is C16H16N4O4. The maximum absolute atomic E-state index is 5.63. The van der Waals surface area contributed by atoms with Crippen LogP contribution in [-0.2, 0) is 6.54 Å². The first-order valence-electron chi connectivity index (χ1n) is 7.53. The minimum absolute atomic E-state index is 0.458. The first-order chi connectivity index (χ1) is 11.8. The molecular weight excluding hydrogens is 312 g/mol. The van der Waals surface area contributed by atoms with Crippen LogP contribution in [0.4, 0.5) is 5.82 Å². The fourth-order valence-electron chi connectivity index (χ4n) is 2.68. The summed E-state index contributed by atoms with van der Waals surface area (Å²) in [6.07, 6.45) is 1.44. The van der Waals surface area contributed by atoms with Crippen LogP contribution in [0.2, 0.25) is 0 Å². The smallest absolute Gasteiger partial charge is 0.263 e. The highest BCUT2D eigenvalue weighted by Gasteiger charge is 2.17. The molecule has 2 aromatic heterocycles. The summed E-state index contributed by atoms with van der Waals surface area (Å²) in [6.45, 7) is 3.43. The maximum Gasteiger partial charge on any atom is 0.263 e. The maximum atomic E-state index is 5.63. The number of ether oxygens (including phenoxy) is 3. The molecule has 1 aliphatic rings. The predicted octanol–water partition coefficient (Wildman–Crippen LogP) is 2.32. The molecule has 0 aliphatic carbocycles. The zero-order valence-corrected chi connectivity index (χ0v) is 13.3. The van der Waals surface area contributed by atoms with E-state index < -0.39 is 0 Å². The van der Waals surface area contributed by atoms with Crippen LogP contribution < -0.4 is 19.5 Å². The molecule has 3 heterocycles. The van der Waals surface area contributed by atoms with E-state index in [1.54, 1.807) is 7.11 Å². The standard InChI is InChI=1S/C16H16N4O4/c1-9-14-15(18-8-19-16(14)24-20-9)17-7-10-5-12-13(6-11(10)21-2)23-4-3-22-12/h5-6,8H,3-4,7H2,1-2H3,(H,17,18,19). The van der Waals surface area contributed by atoms with Crippen LogP contribution in [0.1, 0.15) is 11.3 Å². The third-order valence-corrected chi connectivity index (χ3v) is 3.83. The molecule has 1 aliphatic heterocycles. The van der Waals surface area contributed by atoms with Gasteiger partial charge in [0.15, 0.2) is 11.5 Å². The van der Waals surface area contributed by atoms with E-state index in [0.717, 1.165) is 22.4 Å². The molecule has 0 bridgehead atoms. The topological polar surface area (TPSA) is 91.5 Å². The molecule has 0 spiro atoms. The van der Waals surface area contributed by atoms with Crippen molar-refractivity contribution in [3.63, 3.8) is 0 Å². The molecule has 0 amide bonds. The summed E-state index contributed by atoms with van der Waals surface area (Å²) in [5, 5.41) is 7.98. The fraction of sp³-hybridized carbons (Fsp3) is 0.312. The summed E-state index contributed by atoms with van der Waals surface area (Å²) < 4.78 is 21.8. The van der Waals surface area contributed by atoms with E-state index >= 15 is 0 Å². The first kappa shape index (κ1) is 14.6. The summed E-state index contributed by atoms with van der Waals surface area (Å²) in [5.74, 6) is 2.80. The normalized spacial score (nSPS) is 13.1. The summed E-state index contributed by atoms with van der Waals surface area (Å²) in [6, 6.07) is 3.75. The number of anilines is 1. The van der Waals surface area contributed by atoms with Crippen LogP contribution >= 0.6 is 0 Å². The SMILES string of the molecule is COc1cc2c(cc1CNc1ncnc3onc(C)c13)OCCO2. The van der Waals surface area contributed by atoms with Gasteiger partial charge in [-0.2, -0.15) is 4.98 Å². The second-order valence-electron chi connectivity index (χ2n) is 5.33. The number of benzene rings is 1. The van der Waals surface area contributed by atoms with E-state index in [-0.39, 0.29) is 0 Å². The molecule has 1 N–H and O–H groups in total. The third kappa shape index (κ3) is 2.45. The van der Waals surface area contributed by atoms with Gasteiger partial charge in [0, 0.05) is 18.2 Å². The van der Waals surface area contributed by atoms with Gasteiger partial charge in [-0.25, -0.2) is 4.98 Å². The van der Waals surface area contributed by atoms with E-state index in [0.29, 0.717) is 42.8 Å². The van der Waals surface area contributed by atoms with Gasteiger partial charge in [-0.1, -0.05) is 5.16 Å². The van der Waals surface area contributed by atoms with E-state index in [2.05, 4.69) is 20.4 Å². The van der Waals surface area contributed by atoms with Gasteiger partial charge in [0.2, 0.25) is 0 Å². The number of rotatable bonds is 4. The van der Waals surface area contributed by atoms with Crippen molar-refractivity contribution in [2.24, 2.45) is 0 Å². The monoisotopic (exact) mass is 328 g/mol. The average molecular weight is 328 g/mol. The molecule has 0 atom stereocenters. The van der Waals surface area contributed by atoms with Crippen molar-refractivity contribution < 1.29 is 18.7 Å². The Morgan fingerprint density at radius 1 is 1.17 bits per heavy atom. The number of nitrogens with zero attached hydrogens (tertiary/aromatic N) is 3. The third-order valence-electron chi connectivity index (χ3n) is 3.83. The summed E-state index contributed by atoms with van der Waals surface area (Å²) >= 11 is 0. The Kier molecular flexibility index (Phi) is 3.56. The molecule has 3 aromatic rings. The number of hydrogen-bond donors (Lipinski definition) is 1. The fourth-order valence-corrected chi connectivity index (χ4v) is 2.68. The molecule has 0 saturated carbocycles. The highest BCUT2D eigenvalue weighted by atomic mass is 16.6. The lowest BCUT2D eigenvalue weighted by Gasteiger charge is -2.21. The molecule has 8 nitrogen and oxygen atoms in total. The van der Waals surface area contributed by atoms with Gasteiger partial charge in [-0.3, -0.25) is 0 Å². The lowest BCUT2D eigenvalue weighted by molar-refractivity contribution is 0.170. The van der Waals surface area contributed by atoms with Crippen LogP contribution in [0.25, 0.3) is 11.1 Å². The minimum Gasteiger partial charge on any atom is -0.496 e. The molecule has 0 radical (unpaired) electrons. The molecule has 1 aromatic carbocycles. The molecule has 0 saturated heterocycles. The minimum atomic E-state index is 0.458. The number of methoxy groups -OCH3 is 1. The Bertz CT molecular complexity index is 893. The highest BCUT2D eigenvalue weighted by molar-refractivity contribution is 5.87. The van der Waals surface area contributed by atoms with Crippen LogP contribution in [0.3, 0.4) is 0 Å². The van der Waals surface area contributed by atoms with Gasteiger partial charge >= 0.3 is 0 Å². The van der Waals surface area contributed by atoms with Crippen LogP contribution in [0.15, 0.2) is 23.0 Å². The Hall–Kier alpha value is -3.03. The molecule has 4 rings (SSSR count). The largest absolute Gasteiger partial charge is 0.496 e. The Morgan fingerprint density at radius 2 is 1.96 bits per heavy atom. The molecule has 24 heavy (non-hydrogen) atoms. The predicted molar refractivity (Wildman–Crippen MR) is 85.6 cm³/mol. The Balaban J connectivity index is 1.64. The average Bonchev–Trinajstić information content (AvgIpc) is 3.01. The van der Waals surface area contributed by atoms with Crippen molar-refractivity contribution in [3.05, 3.63) is 29.7 Å². The van der Waals surface area contributed by atoms with Crippen LogP contribution in [-0.4, -0.2) is 35.4 Å². The number of aromatic nitrogens is 3. The van der Waals surface area contributed by atoms with Crippen LogP contribution in [0, 0.1) is 6.92 Å². The van der Waals surface area contributed by atoms with Crippen molar-refractivity contribution >= 4 is 16.9 Å². The quantitative estimate of drug-likeness (QED) is 0.780. The van der Waals surface area contributed by atoms with E-state index in [1.807, 2.05) is 19.1 Å². The van der Waals surface area contributed by atoms with Gasteiger partial charge in [0.1, 0.15) is 36.5 Å². The van der Waals surface area contributed by atoms with Crippen molar-refractivity contribution in [3.8, 4) is 17.2 Å². The highest BCUT2D eigenvalue weighted by Crippen LogP contribution is 2.37. The summed E-state index contributed by atoms with van der Waals surface area (Å²) in [5.41, 5.74) is 2.13. The van der Waals surface area contributed by atoms with Crippen molar-refractivity contribution in [2.45, 2.75) is 13.5 Å². The molecule has 8 heteroatoms. The van der Waals surface area contributed by atoms with Gasteiger partial charge in [0.25, 0.3) is 5.71 Å². The molecule has 0 fully saturated rings. The lowest BCUT2D eigenvalue weighted by atomic mass is 10.1. The van der Waals surface area contributed by atoms with Crippen LogP contribution in [0.5, 0.6) is 17.2 Å². The van der Waals surface area contributed by atoms with Gasteiger partial charge in [0.05, 0.1) is 12.8 Å². The van der Waals surface area contributed by atoms with Crippen molar-refractivity contribution in [2.75, 3.05) is 25.6 Å². The Labute approximate surface area is 137 Å². The van der Waals surface area contributed by atoms with E-state index in [9.17, 15) is 0 Å². The molecule has 0 unspecified atom stereocenters. The number of fused-ring (bicyclic) bond motifs is 2. The summed E-state index contributed by atoms with van der Waals surface area (Å²) in [4.78, 5) is 8.35. The second kappa shape index (κ2) is 5.88. The van der Waals surface area contributed by atoms with Crippen molar-refractivity contribution in [1.29, 1.82) is 0 Å². The number of hydrogen-bond acceptors (Lipinski definition) is 8. The van der Waals surface area contributed by atoms with Crippen molar-refractivity contribution in [1.82, 2.24) is 15.1 Å². The van der Waals surface area contributed by atoms with Gasteiger partial charge in [-0.15, -0.1) is 0 Å². The zero-order valence-electron chi connectivity index (χ0n) is 13.3. The zero-order chi connectivity index (χ0) is 16.5.